The number of ether oxygens (including phenoxy) is 1. The third-order valence-corrected chi connectivity index (χ3v) is 1.36. The number of carbonyl (C=O) groups is 2. The maximum atomic E-state index is 10.9. The minimum absolute atomic E-state index is 0.0323. The third-order valence-electron chi connectivity index (χ3n) is 1.36. The molecule has 0 saturated carbocycles. The van der Waals surface area contributed by atoms with Gasteiger partial charge < -0.3 is 15.6 Å². The van der Waals surface area contributed by atoms with Crippen molar-refractivity contribution in [2.75, 3.05) is 6.58 Å². The molecule has 0 amide bonds. The number of esters is 1. The van der Waals surface area contributed by atoms with Crippen LogP contribution >= 0.6 is 0 Å². The first-order chi connectivity index (χ1) is 6.47. The molecule has 0 saturated heterocycles. The van der Waals surface area contributed by atoms with E-state index in [4.69, 9.17) is 12.2 Å². The SMILES string of the molecule is [2H]C(CC)OC(=O)CC[C@H](N)C(=O)O. The molecule has 0 aromatic carbocycles. The van der Waals surface area contributed by atoms with E-state index in [0.717, 1.165) is 0 Å². The van der Waals surface area contributed by atoms with E-state index < -0.39 is 24.6 Å². The molecule has 0 fully saturated rings. The zero-order valence-electron chi connectivity index (χ0n) is 8.53. The molecule has 5 nitrogen and oxygen atoms in total. The zero-order valence-corrected chi connectivity index (χ0v) is 7.53. The number of carboxylic acids is 1. The van der Waals surface area contributed by atoms with Gasteiger partial charge in [0.25, 0.3) is 0 Å². The van der Waals surface area contributed by atoms with Gasteiger partial charge in [0.2, 0.25) is 0 Å². The predicted molar refractivity (Wildman–Crippen MR) is 46.1 cm³/mol. The normalized spacial score (nSPS) is 15.7. The number of aliphatic carboxylic acids is 1. The van der Waals surface area contributed by atoms with Crippen molar-refractivity contribution in [2.24, 2.45) is 5.73 Å². The molecule has 0 aromatic heterocycles. The number of rotatable bonds is 6. The van der Waals surface area contributed by atoms with Crippen LogP contribution in [0.25, 0.3) is 0 Å². The Hall–Kier alpha value is -1.10. The summed E-state index contributed by atoms with van der Waals surface area (Å²) in [5, 5.41) is 8.41. The van der Waals surface area contributed by atoms with Crippen LogP contribution in [0.2, 0.25) is 0 Å². The molecular formula is C8H15NO4. The van der Waals surface area contributed by atoms with E-state index in [1.807, 2.05) is 0 Å². The highest BCUT2D eigenvalue weighted by molar-refractivity contribution is 5.75. The summed E-state index contributed by atoms with van der Waals surface area (Å²) < 4.78 is 11.7. The van der Waals surface area contributed by atoms with Crippen molar-refractivity contribution in [3.05, 3.63) is 0 Å². The van der Waals surface area contributed by atoms with Crippen molar-refractivity contribution in [1.82, 2.24) is 0 Å². The molecule has 0 aliphatic heterocycles. The lowest BCUT2D eigenvalue weighted by atomic mass is 10.2. The molecule has 0 heterocycles. The van der Waals surface area contributed by atoms with Gasteiger partial charge in [-0.05, 0) is 12.8 Å². The summed E-state index contributed by atoms with van der Waals surface area (Å²) in [6.45, 7) is 0.844. The number of hydrogen-bond acceptors (Lipinski definition) is 4. The van der Waals surface area contributed by atoms with Crippen LogP contribution in [0.15, 0.2) is 0 Å². The molecule has 76 valence electrons. The van der Waals surface area contributed by atoms with Gasteiger partial charge in [-0.3, -0.25) is 9.59 Å². The van der Waals surface area contributed by atoms with E-state index in [-0.39, 0.29) is 12.8 Å². The van der Waals surface area contributed by atoms with E-state index in [0.29, 0.717) is 6.42 Å². The largest absolute Gasteiger partial charge is 0.480 e. The smallest absolute Gasteiger partial charge is 0.320 e. The second-order valence-electron chi connectivity index (χ2n) is 2.55. The van der Waals surface area contributed by atoms with Gasteiger partial charge in [-0.25, -0.2) is 0 Å². The Morgan fingerprint density at radius 2 is 2.31 bits per heavy atom. The number of nitrogens with two attached hydrogens (primary N) is 1. The molecule has 0 spiro atoms. The number of hydrogen-bond donors (Lipinski definition) is 2. The van der Waals surface area contributed by atoms with Crippen LogP contribution in [0.4, 0.5) is 0 Å². The number of carbonyl (C=O) groups excluding carboxylic acids is 1. The lowest BCUT2D eigenvalue weighted by Gasteiger charge is -2.05. The van der Waals surface area contributed by atoms with Crippen molar-refractivity contribution >= 4 is 11.9 Å². The Bertz CT molecular complexity index is 210. The Morgan fingerprint density at radius 1 is 1.69 bits per heavy atom. The van der Waals surface area contributed by atoms with Gasteiger partial charge in [0.15, 0.2) is 0 Å². The first-order valence-electron chi connectivity index (χ1n) is 4.65. The third kappa shape index (κ3) is 6.10. The Kier molecular flexibility index (Phi) is 4.93. The van der Waals surface area contributed by atoms with Gasteiger partial charge in [0, 0.05) is 6.42 Å². The molecule has 0 bridgehead atoms. The minimum Gasteiger partial charge on any atom is -0.480 e. The van der Waals surface area contributed by atoms with Gasteiger partial charge >= 0.3 is 11.9 Å². The first-order valence-corrected chi connectivity index (χ1v) is 4.07. The topological polar surface area (TPSA) is 89.6 Å². The lowest BCUT2D eigenvalue weighted by Crippen LogP contribution is -2.30. The van der Waals surface area contributed by atoms with Crippen LogP contribution in [0.3, 0.4) is 0 Å². The molecule has 0 aliphatic rings. The van der Waals surface area contributed by atoms with Crippen molar-refractivity contribution in [3.63, 3.8) is 0 Å². The van der Waals surface area contributed by atoms with Crippen LogP contribution in [-0.2, 0) is 14.3 Å². The van der Waals surface area contributed by atoms with Gasteiger partial charge in [-0.15, -0.1) is 0 Å². The molecule has 0 aromatic rings. The molecule has 13 heavy (non-hydrogen) atoms. The molecule has 3 N–H and O–H groups in total. The van der Waals surface area contributed by atoms with Crippen LogP contribution < -0.4 is 5.73 Å². The van der Waals surface area contributed by atoms with Gasteiger partial charge in [-0.2, -0.15) is 0 Å². The Balaban J connectivity index is 3.69. The zero-order chi connectivity index (χ0) is 11.1. The van der Waals surface area contributed by atoms with Crippen molar-refractivity contribution in [3.8, 4) is 0 Å². The van der Waals surface area contributed by atoms with Crippen molar-refractivity contribution in [2.45, 2.75) is 32.2 Å². The molecule has 2 atom stereocenters. The van der Waals surface area contributed by atoms with Crippen molar-refractivity contribution < 1.29 is 20.8 Å². The standard InChI is InChI=1S/C8H15NO4/c1-2-5-13-7(10)4-3-6(9)8(11)12/h6H,2-5,9H2,1H3,(H,11,12)/t6-/m0/s1/i5D/t5?,6-. The monoisotopic (exact) mass is 190 g/mol. The van der Waals surface area contributed by atoms with Crippen LogP contribution in [0.1, 0.15) is 27.6 Å². The number of carboxylic acid groups (broad SMARTS) is 1. The molecule has 5 heteroatoms. The minimum atomic E-state index is -1.14. The maximum absolute atomic E-state index is 10.9. The highest BCUT2D eigenvalue weighted by Crippen LogP contribution is 1.97. The average Bonchev–Trinajstić information content (AvgIpc) is 2.13. The molecule has 0 radical (unpaired) electrons. The summed E-state index contributed by atoms with van der Waals surface area (Å²) in [6, 6.07) is -1.05. The molecular weight excluding hydrogens is 174 g/mol. The van der Waals surface area contributed by atoms with E-state index in [2.05, 4.69) is 4.74 Å². The summed E-state index contributed by atoms with van der Waals surface area (Å²) in [5.74, 6) is -1.72. The van der Waals surface area contributed by atoms with E-state index >= 15 is 0 Å². The molecule has 1 unspecified atom stereocenters. The summed E-state index contributed by atoms with van der Waals surface area (Å²) in [7, 11) is 0. The van der Waals surface area contributed by atoms with E-state index in [1.54, 1.807) is 6.92 Å². The molecule has 0 aliphatic carbocycles. The van der Waals surface area contributed by atoms with Gasteiger partial charge in [0.05, 0.1) is 7.95 Å². The van der Waals surface area contributed by atoms with Crippen molar-refractivity contribution in [1.29, 1.82) is 0 Å². The van der Waals surface area contributed by atoms with Crippen LogP contribution in [0, 0.1) is 0 Å². The summed E-state index contributed by atoms with van der Waals surface area (Å²) in [4.78, 5) is 21.2. The average molecular weight is 190 g/mol. The Morgan fingerprint density at radius 3 is 2.77 bits per heavy atom. The van der Waals surface area contributed by atoms with Crippen LogP contribution in [0.5, 0.6) is 0 Å². The second kappa shape index (κ2) is 6.42. The Labute approximate surface area is 78.3 Å². The summed E-state index contributed by atoms with van der Waals surface area (Å²) in [5.41, 5.74) is 5.17. The summed E-state index contributed by atoms with van der Waals surface area (Å²) in [6.07, 6.45) is 0.379. The lowest BCUT2D eigenvalue weighted by molar-refractivity contribution is -0.144. The van der Waals surface area contributed by atoms with Gasteiger partial charge in [-0.1, -0.05) is 6.92 Å². The quantitative estimate of drug-likeness (QED) is 0.581. The fourth-order valence-corrected chi connectivity index (χ4v) is 0.632. The highest BCUT2D eigenvalue weighted by atomic mass is 16.5. The van der Waals surface area contributed by atoms with E-state index in [1.165, 1.54) is 0 Å². The predicted octanol–water partition coefficient (Wildman–Crippen LogP) is 0.132. The molecule has 0 rings (SSSR count). The maximum Gasteiger partial charge on any atom is 0.320 e. The fourth-order valence-electron chi connectivity index (χ4n) is 0.632. The van der Waals surface area contributed by atoms with Gasteiger partial charge in [0.1, 0.15) is 6.04 Å². The fraction of sp³-hybridized carbons (Fsp3) is 0.750. The second-order valence-corrected chi connectivity index (χ2v) is 2.55. The van der Waals surface area contributed by atoms with E-state index in [9.17, 15) is 9.59 Å². The summed E-state index contributed by atoms with van der Waals surface area (Å²) >= 11 is 0. The first kappa shape index (κ1) is 9.98. The van der Waals surface area contributed by atoms with Crippen LogP contribution in [-0.4, -0.2) is 29.7 Å². The highest BCUT2D eigenvalue weighted by Gasteiger charge is 2.13.